The van der Waals surface area contributed by atoms with Crippen molar-refractivity contribution in [2.75, 3.05) is 25.5 Å². The van der Waals surface area contributed by atoms with Gasteiger partial charge in [-0.1, -0.05) is 12.8 Å². The number of carbonyl (C=O) groups is 1. The van der Waals surface area contributed by atoms with E-state index in [9.17, 15) is 4.79 Å². The average Bonchev–Trinajstić information content (AvgIpc) is 2.88. The van der Waals surface area contributed by atoms with E-state index in [0.717, 1.165) is 25.3 Å². The van der Waals surface area contributed by atoms with Crippen molar-refractivity contribution in [1.29, 1.82) is 0 Å². The lowest BCUT2D eigenvalue weighted by atomic mass is 10.2. The summed E-state index contributed by atoms with van der Waals surface area (Å²) in [6.45, 7) is 3.09. The number of hydrogen-bond donors (Lipinski definition) is 1. The summed E-state index contributed by atoms with van der Waals surface area (Å²) in [5, 5.41) is 5.37. The summed E-state index contributed by atoms with van der Waals surface area (Å²) in [4.78, 5) is 27.0. The normalized spacial score (nSPS) is 15.7. The third-order valence-corrected chi connectivity index (χ3v) is 4.75. The molecule has 0 radical (unpaired) electrons. The summed E-state index contributed by atoms with van der Waals surface area (Å²) in [5.74, 6) is 0.0440. The van der Waals surface area contributed by atoms with Crippen LogP contribution in [0.25, 0.3) is 0 Å². The topological polar surface area (TPSA) is 80.2 Å². The number of anilines is 1. The summed E-state index contributed by atoms with van der Waals surface area (Å²) in [6.07, 6.45) is 6.45. The van der Waals surface area contributed by atoms with Gasteiger partial charge < -0.3 is 4.74 Å². The van der Waals surface area contributed by atoms with Crippen molar-refractivity contribution in [2.45, 2.75) is 32.2 Å². The number of ether oxygens (including phenoxy) is 1. The predicted molar refractivity (Wildman–Crippen MR) is 92.4 cm³/mol. The maximum atomic E-state index is 12.2. The van der Waals surface area contributed by atoms with Gasteiger partial charge in [0.1, 0.15) is 12.0 Å². The molecule has 7 nitrogen and oxygen atoms in total. The van der Waals surface area contributed by atoms with Crippen LogP contribution in [0.4, 0.5) is 5.13 Å². The minimum atomic E-state index is -0.314. The summed E-state index contributed by atoms with van der Waals surface area (Å²) in [6, 6.07) is 1.50. The standard InChI is InChI=1S/C16H21N5O2S/c1-23-14-8-13(17-11-18-14)15(22)20-16-19-12(10-24-16)9-21-6-4-2-3-5-7-21/h8,10-11H,2-7,9H2,1H3,(H,19,20,22). The third-order valence-electron chi connectivity index (χ3n) is 3.94. The highest BCUT2D eigenvalue weighted by Gasteiger charge is 2.14. The molecule has 1 amide bonds. The number of nitrogens with one attached hydrogen (secondary N) is 1. The van der Waals surface area contributed by atoms with E-state index in [1.54, 1.807) is 0 Å². The first-order valence-corrected chi connectivity index (χ1v) is 8.97. The van der Waals surface area contributed by atoms with Gasteiger partial charge in [-0.2, -0.15) is 0 Å². The summed E-state index contributed by atoms with van der Waals surface area (Å²) >= 11 is 1.43. The van der Waals surface area contributed by atoms with Gasteiger partial charge in [0.2, 0.25) is 5.88 Å². The lowest BCUT2D eigenvalue weighted by Crippen LogP contribution is -2.24. The number of hydrogen-bond acceptors (Lipinski definition) is 7. The molecule has 1 aliphatic heterocycles. The summed E-state index contributed by atoms with van der Waals surface area (Å²) < 4.78 is 5.00. The molecule has 2 aromatic rings. The van der Waals surface area contributed by atoms with Crippen molar-refractivity contribution in [3.63, 3.8) is 0 Å². The first-order chi connectivity index (χ1) is 11.7. The zero-order valence-electron chi connectivity index (χ0n) is 13.7. The van der Waals surface area contributed by atoms with E-state index in [2.05, 4.69) is 25.2 Å². The van der Waals surface area contributed by atoms with E-state index in [-0.39, 0.29) is 11.6 Å². The second kappa shape index (κ2) is 8.16. The maximum absolute atomic E-state index is 12.2. The van der Waals surface area contributed by atoms with Crippen molar-refractivity contribution in [3.05, 3.63) is 29.2 Å². The monoisotopic (exact) mass is 347 g/mol. The van der Waals surface area contributed by atoms with E-state index < -0.39 is 0 Å². The fourth-order valence-electron chi connectivity index (χ4n) is 2.70. The Labute approximate surface area is 145 Å². The smallest absolute Gasteiger partial charge is 0.276 e. The molecule has 0 saturated carbocycles. The van der Waals surface area contributed by atoms with Crippen LogP contribution in [0.5, 0.6) is 5.88 Å². The Hall–Kier alpha value is -2.06. The second-order valence-electron chi connectivity index (χ2n) is 5.73. The fraction of sp³-hybridized carbons (Fsp3) is 0.500. The maximum Gasteiger partial charge on any atom is 0.276 e. The Bertz CT molecular complexity index is 683. The Kier molecular flexibility index (Phi) is 5.71. The molecule has 2 aromatic heterocycles. The Balaban J connectivity index is 1.59. The number of thiazole rings is 1. The molecule has 3 rings (SSSR count). The number of nitrogens with zero attached hydrogens (tertiary/aromatic N) is 4. The molecular formula is C16H21N5O2S. The number of amides is 1. The molecule has 0 atom stereocenters. The van der Waals surface area contributed by atoms with E-state index in [4.69, 9.17) is 4.74 Å². The van der Waals surface area contributed by atoms with Gasteiger partial charge in [0.05, 0.1) is 12.8 Å². The predicted octanol–water partition coefficient (Wildman–Crippen LogP) is 2.57. The molecule has 128 valence electrons. The average molecular weight is 347 g/mol. The van der Waals surface area contributed by atoms with Gasteiger partial charge in [0, 0.05) is 18.0 Å². The third kappa shape index (κ3) is 4.48. The minimum absolute atomic E-state index is 0.256. The van der Waals surface area contributed by atoms with Crippen LogP contribution in [0.2, 0.25) is 0 Å². The number of likely N-dealkylation sites (tertiary alicyclic amines) is 1. The number of carbonyl (C=O) groups excluding carboxylic acids is 1. The van der Waals surface area contributed by atoms with Crippen molar-refractivity contribution in [1.82, 2.24) is 19.9 Å². The SMILES string of the molecule is COc1cc(C(=O)Nc2nc(CN3CCCCCC3)cs2)ncn1. The van der Waals surface area contributed by atoms with Crippen LogP contribution in [-0.2, 0) is 6.54 Å². The van der Waals surface area contributed by atoms with Gasteiger partial charge in [0.25, 0.3) is 5.91 Å². The first-order valence-electron chi connectivity index (χ1n) is 8.09. The fourth-order valence-corrected chi connectivity index (χ4v) is 3.39. The molecule has 1 fully saturated rings. The van der Waals surface area contributed by atoms with Crippen molar-refractivity contribution in [2.24, 2.45) is 0 Å². The lowest BCUT2D eigenvalue weighted by molar-refractivity contribution is 0.102. The van der Waals surface area contributed by atoms with Crippen molar-refractivity contribution in [3.8, 4) is 5.88 Å². The Morgan fingerprint density at radius 1 is 1.29 bits per heavy atom. The quantitative estimate of drug-likeness (QED) is 0.895. The lowest BCUT2D eigenvalue weighted by Gasteiger charge is -2.17. The number of aromatic nitrogens is 3. The highest BCUT2D eigenvalue weighted by atomic mass is 32.1. The molecule has 0 aromatic carbocycles. The molecule has 0 unspecified atom stereocenters. The molecule has 0 spiro atoms. The van der Waals surface area contributed by atoms with Gasteiger partial charge in [0.15, 0.2) is 5.13 Å². The van der Waals surface area contributed by atoms with Crippen LogP contribution < -0.4 is 10.1 Å². The zero-order chi connectivity index (χ0) is 16.8. The van der Waals surface area contributed by atoms with Crippen molar-refractivity contribution >= 4 is 22.4 Å². The molecule has 3 heterocycles. The molecule has 24 heavy (non-hydrogen) atoms. The van der Waals surface area contributed by atoms with Gasteiger partial charge in [-0.15, -0.1) is 11.3 Å². The van der Waals surface area contributed by atoms with Gasteiger partial charge in [-0.05, 0) is 25.9 Å². The van der Waals surface area contributed by atoms with E-state index in [1.165, 1.54) is 56.5 Å². The van der Waals surface area contributed by atoms with E-state index in [0.29, 0.717) is 11.0 Å². The molecule has 1 aliphatic rings. The minimum Gasteiger partial charge on any atom is -0.481 e. The van der Waals surface area contributed by atoms with E-state index in [1.807, 2.05) is 5.38 Å². The van der Waals surface area contributed by atoms with Gasteiger partial charge in [-0.25, -0.2) is 15.0 Å². The molecule has 1 N–H and O–H groups in total. The van der Waals surface area contributed by atoms with Crippen LogP contribution in [0.1, 0.15) is 41.9 Å². The molecular weight excluding hydrogens is 326 g/mol. The van der Waals surface area contributed by atoms with Crippen LogP contribution in [-0.4, -0.2) is 46.0 Å². The van der Waals surface area contributed by atoms with Crippen LogP contribution in [0, 0.1) is 0 Å². The number of methoxy groups -OCH3 is 1. The Morgan fingerprint density at radius 3 is 2.83 bits per heavy atom. The highest BCUT2D eigenvalue weighted by Crippen LogP contribution is 2.19. The van der Waals surface area contributed by atoms with Crippen molar-refractivity contribution < 1.29 is 9.53 Å². The van der Waals surface area contributed by atoms with Crippen LogP contribution >= 0.6 is 11.3 Å². The molecule has 8 heteroatoms. The highest BCUT2D eigenvalue weighted by molar-refractivity contribution is 7.13. The number of rotatable bonds is 5. The van der Waals surface area contributed by atoms with E-state index >= 15 is 0 Å². The Morgan fingerprint density at radius 2 is 2.08 bits per heavy atom. The second-order valence-corrected chi connectivity index (χ2v) is 6.59. The van der Waals surface area contributed by atoms with Gasteiger partial charge in [-0.3, -0.25) is 15.0 Å². The summed E-state index contributed by atoms with van der Waals surface area (Å²) in [5.41, 5.74) is 1.25. The first kappa shape index (κ1) is 16.8. The molecule has 0 bridgehead atoms. The molecule has 0 aliphatic carbocycles. The van der Waals surface area contributed by atoms with Gasteiger partial charge >= 0.3 is 0 Å². The zero-order valence-corrected chi connectivity index (χ0v) is 14.5. The van der Waals surface area contributed by atoms with Crippen LogP contribution in [0.15, 0.2) is 17.8 Å². The largest absolute Gasteiger partial charge is 0.481 e. The molecule has 1 saturated heterocycles. The van der Waals surface area contributed by atoms with Crippen LogP contribution in [0.3, 0.4) is 0 Å². The summed E-state index contributed by atoms with van der Waals surface area (Å²) in [7, 11) is 1.50.